The van der Waals surface area contributed by atoms with Crippen LogP contribution in [0.1, 0.15) is 35.7 Å². The molecule has 20 heavy (non-hydrogen) atoms. The first-order chi connectivity index (χ1) is 9.47. The van der Waals surface area contributed by atoms with Gasteiger partial charge in [0, 0.05) is 19.2 Å². The number of benzene rings is 1. The van der Waals surface area contributed by atoms with Crippen molar-refractivity contribution in [3.05, 3.63) is 35.4 Å². The molecule has 0 heterocycles. The van der Waals surface area contributed by atoms with Gasteiger partial charge in [0.25, 0.3) is 12.3 Å². The molecule has 0 aliphatic rings. The van der Waals surface area contributed by atoms with Gasteiger partial charge in [-0.05, 0) is 17.5 Å². The molecule has 1 amide bonds. The third-order valence-electron chi connectivity index (χ3n) is 3.02. The smallest absolute Gasteiger partial charge is 0.255 e. The van der Waals surface area contributed by atoms with E-state index in [4.69, 9.17) is 4.74 Å². The fraction of sp³-hybridized carbons (Fsp3) is 0.533. The van der Waals surface area contributed by atoms with Crippen molar-refractivity contribution < 1.29 is 18.3 Å². The summed E-state index contributed by atoms with van der Waals surface area (Å²) in [6.07, 6.45) is -2.55. The summed E-state index contributed by atoms with van der Waals surface area (Å²) in [6, 6.07) is 7.13. The summed E-state index contributed by atoms with van der Waals surface area (Å²) < 4.78 is 30.1. The number of carbonyl (C=O) groups is 1. The Morgan fingerprint density at radius 2 is 1.95 bits per heavy atom. The van der Waals surface area contributed by atoms with E-state index in [0.29, 0.717) is 5.56 Å². The fourth-order valence-corrected chi connectivity index (χ4v) is 2.01. The van der Waals surface area contributed by atoms with Gasteiger partial charge in [-0.1, -0.05) is 32.0 Å². The Kier molecular flexibility index (Phi) is 6.58. The van der Waals surface area contributed by atoms with Crippen LogP contribution in [0.4, 0.5) is 8.78 Å². The number of amides is 1. The SMILES string of the molecule is COCCN(CC(F)F)C(=O)c1ccccc1C(C)C. The van der Waals surface area contributed by atoms with Gasteiger partial charge < -0.3 is 9.64 Å². The Balaban J connectivity index is 2.99. The normalized spacial score (nSPS) is 11.2. The zero-order chi connectivity index (χ0) is 15.1. The van der Waals surface area contributed by atoms with E-state index in [1.807, 2.05) is 26.0 Å². The minimum Gasteiger partial charge on any atom is -0.383 e. The molecule has 1 rings (SSSR count). The largest absolute Gasteiger partial charge is 0.383 e. The number of carbonyl (C=O) groups excluding carboxylic acids is 1. The highest BCUT2D eigenvalue weighted by Crippen LogP contribution is 2.21. The van der Waals surface area contributed by atoms with Crippen LogP contribution in [0.3, 0.4) is 0 Å². The summed E-state index contributed by atoms with van der Waals surface area (Å²) in [5, 5.41) is 0. The van der Waals surface area contributed by atoms with E-state index in [1.165, 1.54) is 7.11 Å². The molecule has 112 valence electrons. The zero-order valence-corrected chi connectivity index (χ0v) is 12.1. The van der Waals surface area contributed by atoms with E-state index in [-0.39, 0.29) is 25.0 Å². The van der Waals surface area contributed by atoms with Crippen molar-refractivity contribution in [3.63, 3.8) is 0 Å². The lowest BCUT2D eigenvalue weighted by atomic mass is 9.96. The average Bonchev–Trinajstić information content (AvgIpc) is 2.42. The van der Waals surface area contributed by atoms with Gasteiger partial charge in [-0.15, -0.1) is 0 Å². The first-order valence-corrected chi connectivity index (χ1v) is 6.62. The van der Waals surface area contributed by atoms with Crippen molar-refractivity contribution in [2.24, 2.45) is 0 Å². The maximum absolute atomic E-state index is 12.6. The predicted molar refractivity (Wildman–Crippen MR) is 74.3 cm³/mol. The van der Waals surface area contributed by atoms with Crippen LogP contribution >= 0.6 is 0 Å². The number of hydrogen-bond acceptors (Lipinski definition) is 2. The molecule has 0 atom stereocenters. The molecule has 5 heteroatoms. The number of alkyl halides is 2. The molecule has 0 unspecified atom stereocenters. The zero-order valence-electron chi connectivity index (χ0n) is 12.1. The highest BCUT2D eigenvalue weighted by Gasteiger charge is 2.22. The van der Waals surface area contributed by atoms with Crippen LogP contribution in [-0.2, 0) is 4.74 Å². The van der Waals surface area contributed by atoms with Crippen LogP contribution in [0.2, 0.25) is 0 Å². The Bertz CT molecular complexity index is 436. The van der Waals surface area contributed by atoms with E-state index >= 15 is 0 Å². The van der Waals surface area contributed by atoms with Crippen molar-refractivity contribution in [2.45, 2.75) is 26.2 Å². The minimum absolute atomic E-state index is 0.158. The Morgan fingerprint density at radius 3 is 2.50 bits per heavy atom. The average molecular weight is 285 g/mol. The number of rotatable bonds is 7. The first-order valence-electron chi connectivity index (χ1n) is 6.62. The third-order valence-corrected chi connectivity index (χ3v) is 3.02. The molecule has 0 spiro atoms. The summed E-state index contributed by atoms with van der Waals surface area (Å²) in [6.45, 7) is 3.76. The van der Waals surface area contributed by atoms with Crippen molar-refractivity contribution >= 4 is 5.91 Å². The number of nitrogens with zero attached hydrogens (tertiary/aromatic N) is 1. The molecule has 1 aromatic rings. The van der Waals surface area contributed by atoms with Gasteiger partial charge in [0.05, 0.1) is 13.2 Å². The van der Waals surface area contributed by atoms with E-state index in [2.05, 4.69) is 0 Å². The van der Waals surface area contributed by atoms with Crippen LogP contribution in [0, 0.1) is 0 Å². The molecule has 0 saturated carbocycles. The fourth-order valence-electron chi connectivity index (χ4n) is 2.01. The maximum atomic E-state index is 12.6. The van der Waals surface area contributed by atoms with E-state index in [9.17, 15) is 13.6 Å². The molecule has 3 nitrogen and oxygen atoms in total. The molecule has 0 aliphatic heterocycles. The van der Waals surface area contributed by atoms with Gasteiger partial charge in [0.15, 0.2) is 0 Å². The van der Waals surface area contributed by atoms with Crippen molar-refractivity contribution in [1.82, 2.24) is 4.90 Å². The van der Waals surface area contributed by atoms with E-state index in [1.54, 1.807) is 12.1 Å². The summed E-state index contributed by atoms with van der Waals surface area (Å²) in [4.78, 5) is 13.6. The quantitative estimate of drug-likeness (QED) is 0.770. The van der Waals surface area contributed by atoms with Crippen molar-refractivity contribution in [2.75, 3.05) is 26.8 Å². The molecular formula is C15H21F2NO2. The van der Waals surface area contributed by atoms with Crippen molar-refractivity contribution in [3.8, 4) is 0 Å². The van der Waals surface area contributed by atoms with Crippen LogP contribution in [-0.4, -0.2) is 44.0 Å². The second-order valence-electron chi connectivity index (χ2n) is 4.88. The second-order valence-corrected chi connectivity index (χ2v) is 4.88. The number of hydrogen-bond donors (Lipinski definition) is 0. The van der Waals surface area contributed by atoms with E-state index in [0.717, 1.165) is 10.5 Å². The van der Waals surface area contributed by atoms with E-state index < -0.39 is 13.0 Å². The standard InChI is InChI=1S/C15H21F2NO2/c1-11(2)12-6-4-5-7-13(12)15(19)18(8-9-20-3)10-14(16)17/h4-7,11,14H,8-10H2,1-3H3. The highest BCUT2D eigenvalue weighted by atomic mass is 19.3. The molecule has 1 aromatic carbocycles. The lowest BCUT2D eigenvalue weighted by molar-refractivity contribution is 0.0477. The monoisotopic (exact) mass is 285 g/mol. The van der Waals surface area contributed by atoms with Crippen LogP contribution in [0.15, 0.2) is 24.3 Å². The first kappa shape index (κ1) is 16.6. The van der Waals surface area contributed by atoms with Gasteiger partial charge >= 0.3 is 0 Å². The highest BCUT2D eigenvalue weighted by molar-refractivity contribution is 5.95. The van der Waals surface area contributed by atoms with Crippen LogP contribution in [0.25, 0.3) is 0 Å². The van der Waals surface area contributed by atoms with Crippen LogP contribution < -0.4 is 0 Å². The van der Waals surface area contributed by atoms with Gasteiger partial charge in [0.1, 0.15) is 0 Å². The van der Waals surface area contributed by atoms with Gasteiger partial charge in [-0.25, -0.2) is 8.78 Å². The van der Waals surface area contributed by atoms with Gasteiger partial charge in [-0.2, -0.15) is 0 Å². The van der Waals surface area contributed by atoms with Gasteiger partial charge in [0.2, 0.25) is 0 Å². The van der Waals surface area contributed by atoms with Gasteiger partial charge in [-0.3, -0.25) is 4.79 Å². The minimum atomic E-state index is -2.55. The molecular weight excluding hydrogens is 264 g/mol. The second kappa shape index (κ2) is 7.94. The molecule has 0 fully saturated rings. The molecule has 0 bridgehead atoms. The molecule has 0 N–H and O–H groups in total. The van der Waals surface area contributed by atoms with Crippen LogP contribution in [0.5, 0.6) is 0 Å². The topological polar surface area (TPSA) is 29.5 Å². The summed E-state index contributed by atoms with van der Waals surface area (Å²) >= 11 is 0. The Labute approximate surface area is 118 Å². The number of ether oxygens (including phenoxy) is 1. The summed E-state index contributed by atoms with van der Waals surface area (Å²) in [7, 11) is 1.48. The molecule has 0 saturated heterocycles. The molecule has 0 aliphatic carbocycles. The summed E-state index contributed by atoms with van der Waals surface area (Å²) in [5.41, 5.74) is 1.36. The van der Waals surface area contributed by atoms with Crippen molar-refractivity contribution in [1.29, 1.82) is 0 Å². The third kappa shape index (κ3) is 4.56. The molecule has 0 radical (unpaired) electrons. The number of methoxy groups -OCH3 is 1. The molecule has 0 aromatic heterocycles. The summed E-state index contributed by atoms with van der Waals surface area (Å²) in [5.74, 6) is -0.211. The maximum Gasteiger partial charge on any atom is 0.255 e. The Morgan fingerprint density at radius 1 is 1.30 bits per heavy atom. The Hall–Kier alpha value is -1.49. The number of halogens is 2. The lowest BCUT2D eigenvalue weighted by Gasteiger charge is -2.24. The predicted octanol–water partition coefficient (Wildman–Crippen LogP) is 3.16. The lowest BCUT2D eigenvalue weighted by Crippen LogP contribution is -2.38.